The van der Waals surface area contributed by atoms with E-state index in [2.05, 4.69) is 10.00 Å². The number of aromatic nitrogens is 2. The first-order chi connectivity index (χ1) is 16.0. The van der Waals surface area contributed by atoms with Crippen molar-refractivity contribution in [3.8, 4) is 0 Å². The van der Waals surface area contributed by atoms with E-state index in [-0.39, 0.29) is 47.7 Å². The van der Waals surface area contributed by atoms with Crippen LogP contribution in [0, 0.1) is 11.7 Å². The van der Waals surface area contributed by atoms with Crippen molar-refractivity contribution in [2.75, 3.05) is 19.7 Å². The summed E-state index contributed by atoms with van der Waals surface area (Å²) < 4.78 is 21.4. The lowest BCUT2D eigenvalue weighted by molar-refractivity contribution is -0.144. The highest BCUT2D eigenvalue weighted by molar-refractivity contribution is 7.81. The molecular formula is C25H31ClFN3O3S. The molecule has 0 bridgehead atoms. The Morgan fingerprint density at radius 3 is 2.74 bits per heavy atom. The van der Waals surface area contributed by atoms with Crippen molar-refractivity contribution < 1.29 is 18.7 Å². The number of hydrogen-bond acceptors (Lipinski definition) is 6. The van der Waals surface area contributed by atoms with Crippen LogP contribution >= 0.6 is 25.0 Å². The molecule has 0 spiro atoms. The lowest BCUT2D eigenvalue weighted by Gasteiger charge is -2.37. The van der Waals surface area contributed by atoms with Crippen LogP contribution in [-0.4, -0.2) is 51.4 Å². The molecule has 1 aliphatic heterocycles. The number of ketones is 1. The number of likely N-dealkylation sites (tertiary alicyclic amines) is 1. The number of ether oxygens (including phenoxy) is 1. The Kier molecular flexibility index (Phi) is 9.33. The molecule has 1 saturated carbocycles. The molecule has 2 aromatic rings. The van der Waals surface area contributed by atoms with Crippen LogP contribution in [-0.2, 0) is 20.9 Å². The van der Waals surface area contributed by atoms with Gasteiger partial charge in [0.05, 0.1) is 18.3 Å². The molecule has 2 heterocycles. The SMILES string of the molecule is CCCOC(=O)Cn1ccc(C=C2CN(C(C(=O)C3CC3)c3ccccc3F)CCC2S)n1.Cl. The summed E-state index contributed by atoms with van der Waals surface area (Å²) in [6.45, 7) is 3.58. The molecule has 184 valence electrons. The fourth-order valence-corrected chi connectivity index (χ4v) is 4.47. The molecule has 1 aromatic heterocycles. The van der Waals surface area contributed by atoms with Crippen molar-refractivity contribution in [1.29, 1.82) is 0 Å². The second-order valence-corrected chi connectivity index (χ2v) is 9.38. The molecule has 0 radical (unpaired) electrons. The Bertz CT molecular complexity index is 1040. The van der Waals surface area contributed by atoms with Gasteiger partial charge in [-0.15, -0.1) is 12.4 Å². The summed E-state index contributed by atoms with van der Waals surface area (Å²) in [7, 11) is 0. The van der Waals surface area contributed by atoms with Gasteiger partial charge in [0.1, 0.15) is 12.4 Å². The number of benzene rings is 1. The highest BCUT2D eigenvalue weighted by Gasteiger charge is 2.40. The summed E-state index contributed by atoms with van der Waals surface area (Å²) in [5, 5.41) is 4.49. The van der Waals surface area contributed by atoms with Gasteiger partial charge < -0.3 is 4.74 Å². The summed E-state index contributed by atoms with van der Waals surface area (Å²) in [5.74, 6) is -0.532. The molecular weight excluding hydrogens is 477 g/mol. The summed E-state index contributed by atoms with van der Waals surface area (Å²) in [4.78, 5) is 27.1. The average molecular weight is 508 g/mol. The number of halogens is 2. The van der Waals surface area contributed by atoms with Crippen LogP contribution in [0.5, 0.6) is 0 Å². The number of rotatable bonds is 9. The topological polar surface area (TPSA) is 64.4 Å². The van der Waals surface area contributed by atoms with Gasteiger partial charge in [0.15, 0.2) is 5.78 Å². The predicted octanol–water partition coefficient (Wildman–Crippen LogP) is 4.51. The zero-order valence-corrected chi connectivity index (χ0v) is 20.9. The largest absolute Gasteiger partial charge is 0.464 e. The van der Waals surface area contributed by atoms with Gasteiger partial charge in [-0.25, -0.2) is 4.39 Å². The molecule has 0 N–H and O–H groups in total. The summed E-state index contributed by atoms with van der Waals surface area (Å²) in [6, 6.07) is 7.82. The van der Waals surface area contributed by atoms with Crippen LogP contribution in [0.4, 0.5) is 4.39 Å². The first-order valence-electron chi connectivity index (χ1n) is 11.6. The van der Waals surface area contributed by atoms with E-state index >= 15 is 0 Å². The van der Waals surface area contributed by atoms with Crippen LogP contribution in [0.2, 0.25) is 0 Å². The van der Waals surface area contributed by atoms with E-state index in [1.807, 2.05) is 19.1 Å². The molecule has 2 aliphatic rings. The van der Waals surface area contributed by atoms with Crippen molar-refractivity contribution in [3.05, 3.63) is 59.2 Å². The second kappa shape index (κ2) is 12.0. The van der Waals surface area contributed by atoms with Gasteiger partial charge in [-0.3, -0.25) is 19.2 Å². The number of carbonyl (C=O) groups is 2. The molecule has 1 saturated heterocycles. The normalized spacial score (nSPS) is 20.6. The first-order valence-corrected chi connectivity index (χ1v) is 12.1. The molecule has 2 unspecified atom stereocenters. The monoisotopic (exact) mass is 507 g/mol. The zero-order valence-electron chi connectivity index (χ0n) is 19.2. The van der Waals surface area contributed by atoms with Gasteiger partial charge in [-0.05, 0) is 49.5 Å². The molecule has 1 aromatic carbocycles. The molecule has 2 atom stereocenters. The Morgan fingerprint density at radius 2 is 2.03 bits per heavy atom. The van der Waals surface area contributed by atoms with E-state index < -0.39 is 6.04 Å². The molecule has 1 aliphatic carbocycles. The lowest BCUT2D eigenvalue weighted by atomic mass is 9.93. The maximum Gasteiger partial charge on any atom is 0.327 e. The number of carbonyl (C=O) groups excluding carboxylic acids is 2. The van der Waals surface area contributed by atoms with Gasteiger partial charge >= 0.3 is 5.97 Å². The van der Waals surface area contributed by atoms with Crippen LogP contribution in [0.3, 0.4) is 0 Å². The van der Waals surface area contributed by atoms with E-state index in [0.29, 0.717) is 31.0 Å². The maximum absolute atomic E-state index is 14.7. The van der Waals surface area contributed by atoms with Gasteiger partial charge in [0.2, 0.25) is 0 Å². The number of Topliss-reactive ketones (excluding diaryl/α,β-unsaturated/α-hetero) is 1. The van der Waals surface area contributed by atoms with Crippen LogP contribution < -0.4 is 0 Å². The minimum absolute atomic E-state index is 0. The third-order valence-corrected chi connectivity index (χ3v) is 6.66. The van der Waals surface area contributed by atoms with Crippen LogP contribution in [0.1, 0.15) is 49.9 Å². The molecule has 0 amide bonds. The smallest absolute Gasteiger partial charge is 0.327 e. The zero-order chi connectivity index (χ0) is 23.4. The van der Waals surface area contributed by atoms with Crippen molar-refractivity contribution >= 4 is 42.9 Å². The Hall–Kier alpha value is -2.16. The number of nitrogens with zero attached hydrogens (tertiary/aromatic N) is 3. The highest BCUT2D eigenvalue weighted by atomic mass is 35.5. The summed E-state index contributed by atoms with van der Waals surface area (Å²) in [6.07, 6.45) is 6.99. The number of thiol groups is 1. The quantitative estimate of drug-likeness (QED) is 0.400. The van der Waals surface area contributed by atoms with Crippen molar-refractivity contribution in [2.24, 2.45) is 5.92 Å². The van der Waals surface area contributed by atoms with Crippen molar-refractivity contribution in [2.45, 2.75) is 50.4 Å². The first kappa shape index (κ1) is 26.4. The third-order valence-electron chi connectivity index (χ3n) is 6.07. The van der Waals surface area contributed by atoms with Gasteiger partial charge in [0.25, 0.3) is 0 Å². The van der Waals surface area contributed by atoms with E-state index in [0.717, 1.165) is 31.3 Å². The molecule has 4 rings (SSSR count). The van der Waals surface area contributed by atoms with Crippen LogP contribution in [0.25, 0.3) is 6.08 Å². The number of hydrogen-bond donors (Lipinski definition) is 1. The van der Waals surface area contributed by atoms with Crippen molar-refractivity contribution in [1.82, 2.24) is 14.7 Å². The average Bonchev–Trinajstić information content (AvgIpc) is 3.57. The van der Waals surface area contributed by atoms with Crippen molar-refractivity contribution in [3.63, 3.8) is 0 Å². The number of piperidine rings is 1. The van der Waals surface area contributed by atoms with E-state index in [1.165, 1.54) is 6.07 Å². The molecule has 9 heteroatoms. The van der Waals surface area contributed by atoms with Gasteiger partial charge in [-0.2, -0.15) is 17.7 Å². The van der Waals surface area contributed by atoms with E-state index in [1.54, 1.807) is 29.1 Å². The summed E-state index contributed by atoms with van der Waals surface area (Å²) in [5.41, 5.74) is 2.18. The van der Waals surface area contributed by atoms with E-state index in [9.17, 15) is 14.0 Å². The third kappa shape index (κ3) is 6.49. The standard InChI is InChI=1S/C25H30FN3O3S.ClH/c1-2-13-32-23(30)16-29-12-9-19(27-29)14-18-15-28(11-10-22(18)33)24(25(31)17-7-8-17)20-5-3-4-6-21(20)26;/h3-6,9,12,14,17,22,24,33H,2,7-8,10-11,13,15-16H2,1H3;1H. The van der Waals surface area contributed by atoms with E-state index in [4.69, 9.17) is 17.4 Å². The van der Waals surface area contributed by atoms with Gasteiger partial charge in [0, 0.05) is 36.0 Å². The minimum atomic E-state index is -0.589. The molecule has 34 heavy (non-hydrogen) atoms. The fraction of sp³-hybridized carbons (Fsp3) is 0.480. The number of esters is 1. The second-order valence-electron chi connectivity index (χ2n) is 8.75. The molecule has 2 fully saturated rings. The van der Waals surface area contributed by atoms with Gasteiger partial charge in [-0.1, -0.05) is 25.1 Å². The molecule has 6 nitrogen and oxygen atoms in total. The predicted molar refractivity (Wildman–Crippen MR) is 135 cm³/mol. The Balaban J connectivity index is 0.00000324. The minimum Gasteiger partial charge on any atom is -0.464 e. The van der Waals surface area contributed by atoms with Crippen LogP contribution in [0.15, 0.2) is 42.1 Å². The Morgan fingerprint density at radius 1 is 1.26 bits per heavy atom. The fourth-order valence-electron chi connectivity index (χ4n) is 4.20. The Labute approximate surface area is 211 Å². The maximum atomic E-state index is 14.7. The summed E-state index contributed by atoms with van der Waals surface area (Å²) >= 11 is 4.75. The highest BCUT2D eigenvalue weighted by Crippen LogP contribution is 2.39. The lowest BCUT2D eigenvalue weighted by Crippen LogP contribution is -2.42.